The monoisotopic (exact) mass is 236 g/mol. The second-order valence-electron chi connectivity index (χ2n) is 4.19. The molecular weight excluding hydrogens is 216 g/mol. The Labute approximate surface area is 102 Å². The van der Waals surface area contributed by atoms with Crippen molar-refractivity contribution in [1.82, 2.24) is 9.97 Å². The Bertz CT molecular complexity index is 339. The molecule has 1 aliphatic rings. The molecule has 5 heteroatoms. The van der Waals surface area contributed by atoms with E-state index in [2.05, 4.69) is 20.6 Å². The van der Waals surface area contributed by atoms with Gasteiger partial charge in [-0.15, -0.1) is 0 Å². The summed E-state index contributed by atoms with van der Waals surface area (Å²) in [6, 6.07) is 1.92. The van der Waals surface area contributed by atoms with Crippen LogP contribution in [-0.2, 0) is 4.74 Å². The van der Waals surface area contributed by atoms with Crippen molar-refractivity contribution >= 4 is 11.6 Å². The molecule has 0 saturated carbocycles. The fourth-order valence-corrected chi connectivity index (χ4v) is 1.92. The van der Waals surface area contributed by atoms with Crippen LogP contribution in [0.3, 0.4) is 0 Å². The largest absolute Gasteiger partial charge is 0.376 e. The normalized spacial score (nSPS) is 19.9. The first-order valence-electron chi connectivity index (χ1n) is 6.30. The molecule has 0 spiro atoms. The van der Waals surface area contributed by atoms with Crippen molar-refractivity contribution in [1.29, 1.82) is 0 Å². The molecule has 0 amide bonds. The summed E-state index contributed by atoms with van der Waals surface area (Å²) in [5, 5.41) is 6.46. The zero-order valence-electron chi connectivity index (χ0n) is 10.3. The van der Waals surface area contributed by atoms with E-state index in [4.69, 9.17) is 4.74 Å². The number of rotatable bonds is 5. The third kappa shape index (κ3) is 3.85. The Morgan fingerprint density at radius 1 is 1.29 bits per heavy atom. The number of anilines is 2. The standard InChI is InChI=1S/C12H20N4O/c1-2-13-11-7-12(16-9-15-11)14-8-10-5-3-4-6-17-10/h7,9-10H,2-6,8H2,1H3,(H2,13,14,15,16). The molecule has 17 heavy (non-hydrogen) atoms. The molecule has 5 nitrogen and oxygen atoms in total. The summed E-state index contributed by atoms with van der Waals surface area (Å²) in [4.78, 5) is 8.32. The topological polar surface area (TPSA) is 59.1 Å². The number of ether oxygens (including phenoxy) is 1. The number of nitrogens with zero attached hydrogens (tertiary/aromatic N) is 2. The fraction of sp³-hybridized carbons (Fsp3) is 0.667. The molecule has 0 bridgehead atoms. The van der Waals surface area contributed by atoms with Crippen LogP contribution in [0.5, 0.6) is 0 Å². The van der Waals surface area contributed by atoms with Crippen molar-refractivity contribution < 1.29 is 4.74 Å². The SMILES string of the molecule is CCNc1cc(NCC2CCCCO2)ncn1. The zero-order chi connectivity index (χ0) is 11.9. The molecule has 2 heterocycles. The van der Waals surface area contributed by atoms with Crippen LogP contribution >= 0.6 is 0 Å². The first kappa shape index (κ1) is 12.1. The minimum atomic E-state index is 0.321. The van der Waals surface area contributed by atoms with Gasteiger partial charge in [-0.05, 0) is 26.2 Å². The molecule has 2 rings (SSSR count). The van der Waals surface area contributed by atoms with E-state index in [0.29, 0.717) is 6.10 Å². The van der Waals surface area contributed by atoms with Crippen LogP contribution in [0.4, 0.5) is 11.6 Å². The molecule has 1 aromatic heterocycles. The van der Waals surface area contributed by atoms with E-state index in [0.717, 1.165) is 37.8 Å². The Balaban J connectivity index is 1.83. The minimum Gasteiger partial charge on any atom is -0.376 e. The minimum absolute atomic E-state index is 0.321. The highest BCUT2D eigenvalue weighted by molar-refractivity contribution is 5.46. The first-order valence-corrected chi connectivity index (χ1v) is 6.30. The lowest BCUT2D eigenvalue weighted by atomic mass is 10.1. The lowest BCUT2D eigenvalue weighted by Crippen LogP contribution is -2.27. The lowest BCUT2D eigenvalue weighted by Gasteiger charge is -2.22. The summed E-state index contributed by atoms with van der Waals surface area (Å²) >= 11 is 0. The summed E-state index contributed by atoms with van der Waals surface area (Å²) < 4.78 is 5.66. The van der Waals surface area contributed by atoms with Crippen molar-refractivity contribution in [2.45, 2.75) is 32.3 Å². The molecule has 0 aromatic carbocycles. The third-order valence-corrected chi connectivity index (χ3v) is 2.81. The number of aromatic nitrogens is 2. The van der Waals surface area contributed by atoms with Crippen LogP contribution < -0.4 is 10.6 Å². The smallest absolute Gasteiger partial charge is 0.131 e. The summed E-state index contributed by atoms with van der Waals surface area (Å²) in [7, 11) is 0. The van der Waals surface area contributed by atoms with E-state index in [1.807, 2.05) is 13.0 Å². The van der Waals surface area contributed by atoms with Gasteiger partial charge in [-0.2, -0.15) is 0 Å². The van der Waals surface area contributed by atoms with Crippen LogP contribution in [-0.4, -0.2) is 35.8 Å². The third-order valence-electron chi connectivity index (χ3n) is 2.81. The Morgan fingerprint density at radius 2 is 2.12 bits per heavy atom. The van der Waals surface area contributed by atoms with Gasteiger partial charge in [0.1, 0.15) is 18.0 Å². The van der Waals surface area contributed by atoms with Crippen LogP contribution in [0.2, 0.25) is 0 Å². The maximum atomic E-state index is 5.66. The maximum Gasteiger partial charge on any atom is 0.131 e. The second-order valence-corrected chi connectivity index (χ2v) is 4.19. The number of hydrogen-bond acceptors (Lipinski definition) is 5. The van der Waals surface area contributed by atoms with Crippen molar-refractivity contribution in [3.63, 3.8) is 0 Å². The van der Waals surface area contributed by atoms with Gasteiger partial charge in [0.05, 0.1) is 6.10 Å². The maximum absolute atomic E-state index is 5.66. The summed E-state index contributed by atoms with van der Waals surface area (Å²) in [5.41, 5.74) is 0. The van der Waals surface area contributed by atoms with Crippen molar-refractivity contribution in [2.24, 2.45) is 0 Å². The molecule has 94 valence electrons. The molecule has 1 unspecified atom stereocenters. The number of hydrogen-bond donors (Lipinski definition) is 2. The van der Waals surface area contributed by atoms with Gasteiger partial charge in [0.15, 0.2) is 0 Å². The summed E-state index contributed by atoms with van der Waals surface area (Å²) in [6.45, 7) is 4.62. The van der Waals surface area contributed by atoms with Crippen molar-refractivity contribution in [2.75, 3.05) is 30.3 Å². The van der Waals surface area contributed by atoms with E-state index in [9.17, 15) is 0 Å². The van der Waals surface area contributed by atoms with Crippen molar-refractivity contribution in [3.05, 3.63) is 12.4 Å². The van der Waals surface area contributed by atoms with E-state index < -0.39 is 0 Å². The molecule has 1 fully saturated rings. The Hall–Kier alpha value is -1.36. The molecule has 1 saturated heterocycles. The highest BCUT2D eigenvalue weighted by Crippen LogP contribution is 2.14. The number of nitrogens with one attached hydrogen (secondary N) is 2. The molecular formula is C12H20N4O. The average molecular weight is 236 g/mol. The van der Waals surface area contributed by atoms with Gasteiger partial charge >= 0.3 is 0 Å². The van der Waals surface area contributed by atoms with E-state index in [1.165, 1.54) is 12.8 Å². The average Bonchev–Trinajstić information content (AvgIpc) is 2.39. The molecule has 1 atom stereocenters. The molecule has 1 aliphatic heterocycles. The van der Waals surface area contributed by atoms with Crippen molar-refractivity contribution in [3.8, 4) is 0 Å². The van der Waals surface area contributed by atoms with E-state index in [1.54, 1.807) is 6.33 Å². The van der Waals surface area contributed by atoms with Gasteiger partial charge in [-0.3, -0.25) is 0 Å². The van der Waals surface area contributed by atoms with Crippen LogP contribution in [0.15, 0.2) is 12.4 Å². The quantitative estimate of drug-likeness (QED) is 0.817. The Kier molecular flexibility index (Phi) is 4.55. The van der Waals surface area contributed by atoms with E-state index in [-0.39, 0.29) is 0 Å². The predicted octanol–water partition coefficient (Wildman–Crippen LogP) is 1.89. The molecule has 2 N–H and O–H groups in total. The summed E-state index contributed by atoms with van der Waals surface area (Å²) in [5.74, 6) is 1.71. The Morgan fingerprint density at radius 3 is 2.82 bits per heavy atom. The first-order chi connectivity index (χ1) is 8.38. The predicted molar refractivity (Wildman–Crippen MR) is 68.3 cm³/mol. The van der Waals surface area contributed by atoms with Gasteiger partial charge in [0.2, 0.25) is 0 Å². The fourth-order valence-electron chi connectivity index (χ4n) is 1.92. The second kappa shape index (κ2) is 6.39. The van der Waals surface area contributed by atoms with Gasteiger partial charge in [-0.1, -0.05) is 0 Å². The van der Waals surface area contributed by atoms with Gasteiger partial charge in [-0.25, -0.2) is 9.97 Å². The molecule has 0 radical (unpaired) electrons. The zero-order valence-corrected chi connectivity index (χ0v) is 10.3. The van der Waals surface area contributed by atoms with Crippen LogP contribution in [0, 0.1) is 0 Å². The van der Waals surface area contributed by atoms with Gasteiger partial charge in [0.25, 0.3) is 0 Å². The molecule has 1 aromatic rings. The van der Waals surface area contributed by atoms with Crippen LogP contribution in [0.1, 0.15) is 26.2 Å². The van der Waals surface area contributed by atoms with E-state index >= 15 is 0 Å². The van der Waals surface area contributed by atoms with Gasteiger partial charge in [0, 0.05) is 25.8 Å². The van der Waals surface area contributed by atoms with Gasteiger partial charge < -0.3 is 15.4 Å². The lowest BCUT2D eigenvalue weighted by molar-refractivity contribution is 0.0247. The highest BCUT2D eigenvalue weighted by atomic mass is 16.5. The highest BCUT2D eigenvalue weighted by Gasteiger charge is 2.13. The molecule has 0 aliphatic carbocycles. The van der Waals surface area contributed by atoms with Crippen LogP contribution in [0.25, 0.3) is 0 Å². The summed E-state index contributed by atoms with van der Waals surface area (Å²) in [6.07, 6.45) is 5.48.